The first-order valence-corrected chi connectivity index (χ1v) is 28.7. The number of fused-ring (bicyclic) bond motifs is 2. The van der Waals surface area contributed by atoms with Crippen molar-refractivity contribution in [2.45, 2.75) is 85.7 Å². The van der Waals surface area contributed by atoms with Crippen LogP contribution < -0.4 is 32.3 Å². The summed E-state index contributed by atoms with van der Waals surface area (Å²) in [6.07, 6.45) is 5.18. The quantitative estimate of drug-likeness (QED) is 0.0139. The van der Waals surface area contributed by atoms with Crippen molar-refractivity contribution >= 4 is 106 Å². The third-order valence-electron chi connectivity index (χ3n) is 12.3. The molecule has 0 saturated carbocycles. The van der Waals surface area contributed by atoms with E-state index in [0.717, 1.165) is 35.2 Å². The molecule has 7 rings (SSSR count). The second-order valence-electron chi connectivity index (χ2n) is 18.7. The van der Waals surface area contributed by atoms with E-state index in [9.17, 15) is 62.9 Å². The van der Waals surface area contributed by atoms with Crippen molar-refractivity contribution in [1.82, 2.24) is 25.2 Å². The number of carbonyl (C=O) groups excluding carboxylic acids is 5. The van der Waals surface area contributed by atoms with Gasteiger partial charge >= 0.3 is 0 Å². The van der Waals surface area contributed by atoms with Gasteiger partial charge in [-0.15, -0.1) is 0 Å². The fraction of sp³-hybridized carbons (Fsp3) is 0.320. The van der Waals surface area contributed by atoms with Crippen molar-refractivity contribution < 1.29 is 72.4 Å². The number of hydrogen-bond donors (Lipinski definition) is 9. The number of carbonyl (C=O) groups is 5. The summed E-state index contributed by atoms with van der Waals surface area (Å²) in [4.78, 5) is 75.0. The van der Waals surface area contributed by atoms with Gasteiger partial charge in [-0.3, -0.25) is 42.5 Å². The number of benzene rings is 4. The molecule has 10 N–H and O–H groups in total. The maximum Gasteiger partial charge on any atom is 0.296 e. The number of aromatic nitrogens is 3. The number of nitrogens with one attached hydrogen (secondary N) is 5. The summed E-state index contributed by atoms with van der Waals surface area (Å²) in [6, 6.07) is 14.9. The molecule has 26 nitrogen and oxygen atoms in total. The van der Waals surface area contributed by atoms with E-state index < -0.39 is 73.5 Å². The Hall–Kier alpha value is -7.77. The van der Waals surface area contributed by atoms with E-state index in [4.69, 9.17) is 15.2 Å². The number of imide groups is 1. The van der Waals surface area contributed by atoms with E-state index in [1.54, 1.807) is 0 Å². The standard InChI is InChI=1S/C50H56N10O16S3/c1-29(10-7-21-52-39(61)15-8-23-60-40(62)18-19-41(60)63)75-25-20-50(2,3)76-24-9-22-53-47-57-48(55-30-11-6-12-32(26-30)77(66,67)68)59-49(58-47)56-35-17-16-31(27-37(35)78(69,70)71)54-36-28-38(79(72,73)74)44(51)43-42(36)45(64)33-13-4-5-14-34(33)46(43)65/h4-6,11-14,16-19,26-29,54H,7-10,15,20-25,51H2,1-3H3,(H,52,61)(H,66,67,68)(H,69,70,71)(H,72,73,74)(H3,53,55,56,57,58,59). The van der Waals surface area contributed by atoms with Crippen molar-refractivity contribution in [2.24, 2.45) is 0 Å². The van der Waals surface area contributed by atoms with E-state index >= 15 is 0 Å². The Morgan fingerprint density at radius 1 is 0.684 bits per heavy atom. The number of rotatable bonds is 27. The fourth-order valence-corrected chi connectivity index (χ4v) is 10.1. The second-order valence-corrected chi connectivity index (χ2v) is 22.9. The van der Waals surface area contributed by atoms with Crippen molar-refractivity contribution in [3.63, 3.8) is 0 Å². The molecule has 0 radical (unpaired) electrons. The number of nitrogens with zero attached hydrogens (tertiary/aromatic N) is 4. The SMILES string of the molecule is CC(CCCNC(=O)CCCN1C(=O)C=CC1=O)OCCC(C)(C)OCCCNc1nc(Nc2cccc(S(=O)(=O)O)c2)nc(Nc2ccc(Nc3cc(S(=O)(=O)O)c(N)c4c3C(=O)c3ccccc3C4=O)cc2S(=O)(=O)O)n1. The summed E-state index contributed by atoms with van der Waals surface area (Å²) in [5.41, 5.74) is 3.04. The smallest absolute Gasteiger partial charge is 0.296 e. The number of nitrogen functional groups attached to an aromatic ring is 1. The highest BCUT2D eigenvalue weighted by Crippen LogP contribution is 2.41. The Bertz CT molecular complexity index is 3580. The Labute approximate surface area is 454 Å². The molecule has 1 aliphatic carbocycles. The molecule has 1 aliphatic heterocycles. The van der Waals surface area contributed by atoms with Crippen LogP contribution in [0.4, 0.5) is 46.3 Å². The number of ketones is 2. The first-order chi connectivity index (χ1) is 37.2. The van der Waals surface area contributed by atoms with Crippen LogP contribution in [0, 0.1) is 0 Å². The number of ether oxygens (including phenoxy) is 2. The van der Waals surface area contributed by atoms with Crippen LogP contribution in [0.2, 0.25) is 0 Å². The highest BCUT2D eigenvalue weighted by Gasteiger charge is 2.37. The predicted molar refractivity (Wildman–Crippen MR) is 287 cm³/mol. The molecule has 79 heavy (non-hydrogen) atoms. The van der Waals surface area contributed by atoms with Crippen LogP contribution in [0.15, 0.2) is 99.6 Å². The lowest BCUT2D eigenvalue weighted by Crippen LogP contribution is -2.32. The molecule has 0 bridgehead atoms. The Kier molecular flexibility index (Phi) is 18.3. The lowest BCUT2D eigenvalue weighted by molar-refractivity contribution is -0.137. The van der Waals surface area contributed by atoms with Crippen LogP contribution in [-0.4, -0.2) is 133 Å². The first kappa shape index (κ1) is 58.9. The van der Waals surface area contributed by atoms with Crippen molar-refractivity contribution in [3.05, 3.63) is 107 Å². The van der Waals surface area contributed by atoms with E-state index in [1.165, 1.54) is 54.6 Å². The minimum atomic E-state index is -5.14. The van der Waals surface area contributed by atoms with Gasteiger partial charge in [-0.2, -0.15) is 40.2 Å². The van der Waals surface area contributed by atoms with Gasteiger partial charge in [-0.1, -0.05) is 30.3 Å². The van der Waals surface area contributed by atoms with Gasteiger partial charge in [0.05, 0.1) is 44.8 Å². The van der Waals surface area contributed by atoms with Gasteiger partial charge < -0.3 is 41.8 Å². The molecule has 3 amide bonds. The van der Waals surface area contributed by atoms with Crippen LogP contribution in [-0.2, 0) is 54.2 Å². The van der Waals surface area contributed by atoms with Gasteiger partial charge in [-0.05, 0) is 95.3 Å². The lowest BCUT2D eigenvalue weighted by Gasteiger charge is -2.26. The average Bonchev–Trinajstić information content (AvgIpc) is 3.90. The zero-order valence-electron chi connectivity index (χ0n) is 42.7. The molecular formula is C50H56N10O16S3. The van der Waals surface area contributed by atoms with E-state index in [1.807, 2.05) is 20.8 Å². The van der Waals surface area contributed by atoms with E-state index in [0.29, 0.717) is 45.3 Å². The number of anilines is 8. The molecule has 0 saturated heterocycles. The Morgan fingerprint density at radius 3 is 1.97 bits per heavy atom. The van der Waals surface area contributed by atoms with Crippen LogP contribution in [0.5, 0.6) is 0 Å². The second kappa shape index (κ2) is 24.5. The average molecular weight is 1150 g/mol. The summed E-state index contributed by atoms with van der Waals surface area (Å²) >= 11 is 0. The van der Waals surface area contributed by atoms with E-state index in [2.05, 4.69) is 41.5 Å². The fourth-order valence-electron chi connectivity index (χ4n) is 8.27. The van der Waals surface area contributed by atoms with Crippen molar-refractivity contribution in [3.8, 4) is 0 Å². The molecule has 2 heterocycles. The highest BCUT2D eigenvalue weighted by molar-refractivity contribution is 7.86. The predicted octanol–water partition coefficient (Wildman–Crippen LogP) is 5.19. The lowest BCUT2D eigenvalue weighted by atomic mass is 9.82. The maximum absolute atomic E-state index is 13.9. The molecule has 420 valence electrons. The summed E-state index contributed by atoms with van der Waals surface area (Å²) in [5, 5.41) is 14.1. The zero-order chi connectivity index (χ0) is 57.5. The zero-order valence-corrected chi connectivity index (χ0v) is 45.1. The van der Waals surface area contributed by atoms with Crippen molar-refractivity contribution in [1.29, 1.82) is 0 Å². The normalized spacial score (nSPS) is 14.0. The van der Waals surface area contributed by atoms with Crippen LogP contribution in [0.1, 0.15) is 91.1 Å². The third kappa shape index (κ3) is 15.3. The molecule has 0 fully saturated rings. The summed E-state index contributed by atoms with van der Waals surface area (Å²) < 4.78 is 117. The molecule has 4 aromatic carbocycles. The number of amides is 3. The molecular weight excluding hydrogens is 1090 g/mol. The Balaban J connectivity index is 0.994. The topological polar surface area (TPSA) is 395 Å². The van der Waals surface area contributed by atoms with Gasteiger partial charge in [0, 0.05) is 73.9 Å². The highest BCUT2D eigenvalue weighted by atomic mass is 32.2. The van der Waals surface area contributed by atoms with Gasteiger partial charge in [0.1, 0.15) is 9.79 Å². The van der Waals surface area contributed by atoms with Gasteiger partial charge in [0.2, 0.25) is 23.8 Å². The van der Waals surface area contributed by atoms with Crippen LogP contribution in [0.25, 0.3) is 0 Å². The van der Waals surface area contributed by atoms with Crippen molar-refractivity contribution in [2.75, 3.05) is 59.8 Å². The summed E-state index contributed by atoms with van der Waals surface area (Å²) in [7, 11) is -14.9. The molecule has 0 spiro atoms. The monoisotopic (exact) mass is 1150 g/mol. The van der Waals surface area contributed by atoms with Gasteiger partial charge in [0.15, 0.2) is 11.6 Å². The van der Waals surface area contributed by atoms with Crippen LogP contribution in [0.3, 0.4) is 0 Å². The summed E-state index contributed by atoms with van der Waals surface area (Å²) in [5.74, 6) is -3.10. The third-order valence-corrected chi connectivity index (χ3v) is 14.9. The minimum Gasteiger partial charge on any atom is -0.397 e. The number of nitrogens with two attached hydrogens (primary N) is 1. The van der Waals surface area contributed by atoms with Crippen LogP contribution >= 0.6 is 0 Å². The largest absolute Gasteiger partial charge is 0.397 e. The molecule has 1 aromatic heterocycles. The summed E-state index contributed by atoms with van der Waals surface area (Å²) in [6.45, 7) is 7.26. The van der Waals surface area contributed by atoms with E-state index in [-0.39, 0.29) is 107 Å². The Morgan fingerprint density at radius 2 is 1.32 bits per heavy atom. The first-order valence-electron chi connectivity index (χ1n) is 24.4. The van der Waals surface area contributed by atoms with Gasteiger partial charge in [-0.25, -0.2) is 0 Å². The van der Waals surface area contributed by atoms with Gasteiger partial charge in [0.25, 0.3) is 42.2 Å². The maximum atomic E-state index is 13.9. The molecule has 2 aliphatic rings. The molecule has 5 aromatic rings. The minimum absolute atomic E-state index is 0.0372. The molecule has 29 heteroatoms. The molecule has 1 unspecified atom stereocenters. The molecule has 1 atom stereocenters. The number of hydrogen-bond acceptors (Lipinski definition) is 21.